The van der Waals surface area contributed by atoms with Crippen LogP contribution in [0.2, 0.25) is 0 Å². The number of hydrogen-bond donors (Lipinski definition) is 1. The lowest BCUT2D eigenvalue weighted by molar-refractivity contribution is 0.325. The monoisotopic (exact) mass is 238 g/mol. The number of thiol groups is 1. The Bertz CT molecular complexity index is 271. The molecule has 1 rings (SSSR count). The third kappa shape index (κ3) is 4.99. The van der Waals surface area contributed by atoms with Gasteiger partial charge < -0.3 is 0 Å². The Hall–Kier alpha value is -0.540. The average Bonchev–Trinajstić information content (AvgIpc) is 2.45. The van der Waals surface area contributed by atoms with E-state index in [-0.39, 0.29) is 0 Å². The average molecular weight is 238 g/mol. The van der Waals surface area contributed by atoms with E-state index in [0.29, 0.717) is 5.25 Å². The van der Waals surface area contributed by atoms with Crippen LogP contribution >= 0.6 is 12.6 Å². The van der Waals surface area contributed by atoms with E-state index in [1.54, 1.807) is 6.20 Å². The zero-order valence-electron chi connectivity index (χ0n) is 10.1. The van der Waals surface area contributed by atoms with Gasteiger partial charge in [0, 0.05) is 18.0 Å². The number of aliphatic imine (C=N–C) groups is 1. The first-order valence-corrected chi connectivity index (χ1v) is 6.48. The summed E-state index contributed by atoms with van der Waals surface area (Å²) in [5, 5.41) is 0.575. The first-order valence-electron chi connectivity index (χ1n) is 5.97. The van der Waals surface area contributed by atoms with Crippen LogP contribution in [0, 0.1) is 0 Å². The SMILES string of the molecule is C=CN=C(/C=C\C)CN1CCCC(S)CC1. The van der Waals surface area contributed by atoms with E-state index >= 15 is 0 Å². The molecule has 0 aromatic heterocycles. The van der Waals surface area contributed by atoms with Crippen LogP contribution in [0.15, 0.2) is 29.9 Å². The highest BCUT2D eigenvalue weighted by atomic mass is 32.1. The molecule has 0 radical (unpaired) electrons. The fraction of sp³-hybridized carbons (Fsp3) is 0.615. The van der Waals surface area contributed by atoms with Gasteiger partial charge in [-0.2, -0.15) is 12.6 Å². The number of allylic oxidation sites excluding steroid dienone is 1. The molecule has 0 aromatic rings. The van der Waals surface area contributed by atoms with Crippen molar-refractivity contribution in [3.63, 3.8) is 0 Å². The number of hydrogen-bond acceptors (Lipinski definition) is 3. The van der Waals surface area contributed by atoms with E-state index < -0.39 is 0 Å². The van der Waals surface area contributed by atoms with Gasteiger partial charge in [0.2, 0.25) is 0 Å². The predicted molar refractivity (Wildman–Crippen MR) is 75.5 cm³/mol. The Morgan fingerprint density at radius 1 is 1.50 bits per heavy atom. The summed E-state index contributed by atoms with van der Waals surface area (Å²) in [7, 11) is 0. The van der Waals surface area contributed by atoms with Crippen molar-refractivity contribution in [1.29, 1.82) is 0 Å². The van der Waals surface area contributed by atoms with Gasteiger partial charge >= 0.3 is 0 Å². The molecule has 1 aliphatic rings. The first-order chi connectivity index (χ1) is 7.76. The minimum Gasteiger partial charge on any atom is -0.297 e. The van der Waals surface area contributed by atoms with Crippen LogP contribution in [0.5, 0.6) is 0 Å². The van der Waals surface area contributed by atoms with Gasteiger partial charge in [0.15, 0.2) is 0 Å². The smallest absolute Gasteiger partial charge is 0.0540 e. The summed E-state index contributed by atoms with van der Waals surface area (Å²) in [6.45, 7) is 8.88. The molecule has 0 aliphatic carbocycles. The Morgan fingerprint density at radius 2 is 2.31 bits per heavy atom. The van der Waals surface area contributed by atoms with Crippen molar-refractivity contribution in [1.82, 2.24) is 4.90 Å². The highest BCUT2D eigenvalue weighted by Crippen LogP contribution is 2.15. The first kappa shape index (κ1) is 13.5. The van der Waals surface area contributed by atoms with Gasteiger partial charge in [0.1, 0.15) is 0 Å². The highest BCUT2D eigenvalue weighted by Gasteiger charge is 2.14. The van der Waals surface area contributed by atoms with Crippen LogP contribution in [0.1, 0.15) is 26.2 Å². The van der Waals surface area contributed by atoms with E-state index in [9.17, 15) is 0 Å². The number of nitrogens with zero attached hydrogens (tertiary/aromatic N) is 2. The second-order valence-corrected chi connectivity index (χ2v) is 4.89. The van der Waals surface area contributed by atoms with E-state index in [1.807, 2.05) is 13.0 Å². The number of likely N-dealkylation sites (tertiary alicyclic amines) is 1. The molecule has 16 heavy (non-hydrogen) atoms. The van der Waals surface area contributed by atoms with Gasteiger partial charge in [-0.3, -0.25) is 9.89 Å². The number of rotatable bonds is 4. The van der Waals surface area contributed by atoms with E-state index in [1.165, 1.54) is 19.3 Å². The van der Waals surface area contributed by atoms with Crippen LogP contribution in [0.3, 0.4) is 0 Å². The van der Waals surface area contributed by atoms with E-state index in [4.69, 9.17) is 0 Å². The summed E-state index contributed by atoms with van der Waals surface area (Å²) in [6, 6.07) is 0. The highest BCUT2D eigenvalue weighted by molar-refractivity contribution is 7.80. The lowest BCUT2D eigenvalue weighted by Crippen LogP contribution is -2.30. The molecular weight excluding hydrogens is 216 g/mol. The van der Waals surface area contributed by atoms with Crippen LogP contribution < -0.4 is 0 Å². The Kier molecular flexibility index (Phi) is 6.50. The molecule has 1 heterocycles. The van der Waals surface area contributed by atoms with Crippen molar-refractivity contribution < 1.29 is 0 Å². The van der Waals surface area contributed by atoms with Crippen molar-refractivity contribution in [2.45, 2.75) is 31.4 Å². The van der Waals surface area contributed by atoms with Gasteiger partial charge in [-0.1, -0.05) is 12.7 Å². The topological polar surface area (TPSA) is 15.6 Å². The molecule has 3 heteroatoms. The molecule has 0 N–H and O–H groups in total. The molecule has 0 saturated carbocycles. The summed E-state index contributed by atoms with van der Waals surface area (Å²) in [5.41, 5.74) is 1.09. The molecule has 1 atom stereocenters. The molecule has 1 unspecified atom stereocenters. The minimum atomic E-state index is 0.575. The normalized spacial score (nSPS) is 24.6. The maximum atomic E-state index is 4.56. The molecule has 1 saturated heterocycles. The molecular formula is C13H22N2S. The zero-order valence-corrected chi connectivity index (χ0v) is 11.0. The van der Waals surface area contributed by atoms with Gasteiger partial charge in [0.25, 0.3) is 0 Å². The minimum absolute atomic E-state index is 0.575. The van der Waals surface area contributed by atoms with Crippen LogP contribution in [0.25, 0.3) is 0 Å². The summed E-state index contributed by atoms with van der Waals surface area (Å²) >= 11 is 4.56. The fourth-order valence-corrected chi connectivity index (χ4v) is 2.27. The maximum absolute atomic E-state index is 4.56. The van der Waals surface area contributed by atoms with Crippen LogP contribution in [-0.2, 0) is 0 Å². The second-order valence-electron chi connectivity index (χ2n) is 4.16. The standard InChI is InChI=1S/C13H22N2S/c1-3-6-12(14-4-2)11-15-9-5-7-13(16)8-10-15/h3-4,6,13,16H,2,5,7-11H2,1H3/b6-3-,14-12?. The molecule has 2 nitrogen and oxygen atoms in total. The molecule has 0 amide bonds. The summed E-state index contributed by atoms with van der Waals surface area (Å²) in [5.74, 6) is 0. The van der Waals surface area contributed by atoms with Crippen LogP contribution in [0.4, 0.5) is 0 Å². The Labute approximate surface area is 105 Å². The lowest BCUT2D eigenvalue weighted by Gasteiger charge is -2.19. The molecule has 1 aliphatic heterocycles. The molecule has 0 bridgehead atoms. The molecule has 90 valence electrons. The quantitative estimate of drug-likeness (QED) is 0.588. The maximum Gasteiger partial charge on any atom is 0.0540 e. The molecule has 0 spiro atoms. The third-order valence-corrected chi connectivity index (χ3v) is 3.31. The Balaban J connectivity index is 2.50. The summed E-state index contributed by atoms with van der Waals surface area (Å²) < 4.78 is 0. The van der Waals surface area contributed by atoms with Gasteiger partial charge in [-0.25, -0.2) is 0 Å². The lowest BCUT2D eigenvalue weighted by atomic mass is 10.2. The van der Waals surface area contributed by atoms with Gasteiger partial charge in [0.05, 0.1) is 5.71 Å². The van der Waals surface area contributed by atoms with Gasteiger partial charge in [-0.05, 0) is 45.4 Å². The van der Waals surface area contributed by atoms with E-state index in [0.717, 1.165) is 25.3 Å². The predicted octanol–water partition coefficient (Wildman–Crippen LogP) is 2.93. The van der Waals surface area contributed by atoms with Crippen LogP contribution in [-0.4, -0.2) is 35.5 Å². The summed E-state index contributed by atoms with van der Waals surface area (Å²) in [6.07, 6.45) is 9.36. The van der Waals surface area contributed by atoms with Gasteiger partial charge in [-0.15, -0.1) is 0 Å². The van der Waals surface area contributed by atoms with Crippen molar-refractivity contribution in [2.75, 3.05) is 19.6 Å². The van der Waals surface area contributed by atoms with Crippen molar-refractivity contribution >= 4 is 18.3 Å². The molecule has 1 fully saturated rings. The Morgan fingerprint density at radius 3 is 3.00 bits per heavy atom. The largest absolute Gasteiger partial charge is 0.297 e. The van der Waals surface area contributed by atoms with E-state index in [2.05, 4.69) is 35.2 Å². The molecule has 0 aromatic carbocycles. The zero-order chi connectivity index (χ0) is 11.8. The second kappa shape index (κ2) is 7.69. The summed E-state index contributed by atoms with van der Waals surface area (Å²) in [4.78, 5) is 6.75. The van der Waals surface area contributed by atoms with Crippen molar-refractivity contribution in [2.24, 2.45) is 4.99 Å². The van der Waals surface area contributed by atoms with Crippen molar-refractivity contribution in [3.05, 3.63) is 24.9 Å². The third-order valence-electron chi connectivity index (χ3n) is 2.79. The van der Waals surface area contributed by atoms with Crippen molar-refractivity contribution in [3.8, 4) is 0 Å². The fourth-order valence-electron chi connectivity index (χ4n) is 1.97.